The number of hydrogen-bond acceptors (Lipinski definition) is 6. The summed E-state index contributed by atoms with van der Waals surface area (Å²) in [5.74, 6) is -1.12. The fourth-order valence-corrected chi connectivity index (χ4v) is 5.77. The van der Waals surface area contributed by atoms with E-state index >= 15 is 0 Å². The number of nitrogens with one attached hydrogen (secondary N) is 1. The highest BCUT2D eigenvalue weighted by Crippen LogP contribution is 2.29. The van der Waals surface area contributed by atoms with Crippen LogP contribution in [0.2, 0.25) is 0 Å². The Morgan fingerprint density at radius 1 is 1.09 bits per heavy atom. The van der Waals surface area contributed by atoms with Gasteiger partial charge in [0.1, 0.15) is 0 Å². The van der Waals surface area contributed by atoms with E-state index in [9.17, 15) is 18.3 Å². The van der Waals surface area contributed by atoms with Gasteiger partial charge in [-0.2, -0.15) is 5.26 Å². The molecule has 0 atom stereocenters. The molecule has 0 bridgehead atoms. The highest BCUT2D eigenvalue weighted by atomic mass is 32.2. The van der Waals surface area contributed by atoms with Gasteiger partial charge >= 0.3 is 5.97 Å². The van der Waals surface area contributed by atoms with Crippen molar-refractivity contribution in [3.05, 3.63) is 52.6 Å². The maximum Gasteiger partial charge on any atom is 0.337 e. The first-order valence-electron chi connectivity index (χ1n) is 10.4. The Hall–Kier alpha value is -3.09. The minimum absolute atomic E-state index is 0.0491. The largest absolute Gasteiger partial charge is 0.478 e. The molecule has 32 heavy (non-hydrogen) atoms. The summed E-state index contributed by atoms with van der Waals surface area (Å²) in [4.78, 5) is 16.3. The third-order valence-electron chi connectivity index (χ3n) is 5.61. The van der Waals surface area contributed by atoms with E-state index in [4.69, 9.17) is 5.26 Å². The van der Waals surface area contributed by atoms with Crippen LogP contribution in [0.25, 0.3) is 0 Å². The number of hydrogen-bond donors (Lipinski definition) is 2. The molecule has 0 radical (unpaired) electrons. The summed E-state index contributed by atoms with van der Waals surface area (Å²) >= 11 is 0. The number of nitriles is 1. The lowest BCUT2D eigenvalue weighted by atomic mass is 10.1. The number of carboxylic acid groups (broad SMARTS) is 1. The molecule has 0 aliphatic carbocycles. The Labute approximate surface area is 189 Å². The molecule has 0 aromatic heterocycles. The van der Waals surface area contributed by atoms with E-state index in [2.05, 4.69) is 15.7 Å². The molecule has 1 aliphatic heterocycles. The van der Waals surface area contributed by atoms with Crippen LogP contribution in [-0.4, -0.2) is 57.1 Å². The smallest absolute Gasteiger partial charge is 0.337 e. The van der Waals surface area contributed by atoms with E-state index in [1.54, 1.807) is 26.0 Å². The van der Waals surface area contributed by atoms with Gasteiger partial charge in [-0.15, -0.1) is 0 Å². The molecular formula is C23H28N4O4S. The van der Waals surface area contributed by atoms with Crippen molar-refractivity contribution in [3.63, 3.8) is 0 Å². The maximum atomic E-state index is 13.0. The first kappa shape index (κ1) is 23.6. The van der Waals surface area contributed by atoms with Gasteiger partial charge in [0.05, 0.1) is 22.2 Å². The van der Waals surface area contributed by atoms with Gasteiger partial charge in [-0.3, -0.25) is 9.62 Å². The van der Waals surface area contributed by atoms with Crippen LogP contribution in [0.5, 0.6) is 0 Å². The van der Waals surface area contributed by atoms with Crippen LogP contribution in [0.1, 0.15) is 33.5 Å². The van der Waals surface area contributed by atoms with Crippen LogP contribution in [-0.2, 0) is 10.0 Å². The molecule has 2 aromatic carbocycles. The molecule has 9 heteroatoms. The van der Waals surface area contributed by atoms with Crippen molar-refractivity contribution in [2.45, 2.75) is 32.1 Å². The van der Waals surface area contributed by atoms with Crippen LogP contribution in [0.3, 0.4) is 0 Å². The van der Waals surface area contributed by atoms with Gasteiger partial charge in [0.25, 0.3) is 10.0 Å². The molecule has 1 aliphatic rings. The standard InChI is InChI=1S/C23H28N4O4S/c1-16-13-17(2)22(18(3)14-16)32(30,31)25-19-5-6-21(20(15-19)23(28)29)27-11-9-26(10-12-27)8-4-7-24/h5-6,13-15,25H,4,8-12H2,1-3H3,(H,28,29). The van der Waals surface area contributed by atoms with Crippen molar-refractivity contribution >= 4 is 27.4 Å². The van der Waals surface area contributed by atoms with Gasteiger partial charge in [-0.25, -0.2) is 13.2 Å². The zero-order chi connectivity index (χ0) is 23.5. The third kappa shape index (κ3) is 5.21. The lowest BCUT2D eigenvalue weighted by molar-refractivity contribution is 0.0697. The molecule has 1 heterocycles. The summed E-state index contributed by atoms with van der Waals surface area (Å²) in [6.07, 6.45) is 0.467. The highest BCUT2D eigenvalue weighted by Gasteiger charge is 2.24. The van der Waals surface area contributed by atoms with Crippen molar-refractivity contribution in [2.24, 2.45) is 0 Å². The van der Waals surface area contributed by atoms with E-state index in [-0.39, 0.29) is 16.1 Å². The fourth-order valence-electron chi connectivity index (χ4n) is 4.26. The summed E-state index contributed by atoms with van der Waals surface area (Å²) < 4.78 is 28.6. The number of aromatic carboxylic acids is 1. The van der Waals surface area contributed by atoms with E-state index in [1.165, 1.54) is 6.07 Å². The number of benzene rings is 2. The number of nitrogens with zero attached hydrogens (tertiary/aromatic N) is 3. The van der Waals surface area contributed by atoms with E-state index in [0.29, 0.717) is 42.9 Å². The molecule has 2 aromatic rings. The quantitative estimate of drug-likeness (QED) is 0.658. The number of aryl methyl sites for hydroxylation is 3. The molecule has 2 N–H and O–H groups in total. The fraction of sp³-hybridized carbons (Fsp3) is 0.391. The highest BCUT2D eigenvalue weighted by molar-refractivity contribution is 7.92. The first-order chi connectivity index (χ1) is 15.1. The Kier molecular flexibility index (Phi) is 7.06. The van der Waals surface area contributed by atoms with E-state index in [1.807, 2.05) is 24.0 Å². The number of rotatable bonds is 7. The zero-order valence-electron chi connectivity index (χ0n) is 18.6. The number of piperazine rings is 1. The van der Waals surface area contributed by atoms with Crippen LogP contribution >= 0.6 is 0 Å². The van der Waals surface area contributed by atoms with Gasteiger partial charge in [0.2, 0.25) is 0 Å². The van der Waals surface area contributed by atoms with Gasteiger partial charge < -0.3 is 10.0 Å². The summed E-state index contributed by atoms with van der Waals surface area (Å²) in [6.45, 7) is 8.85. The predicted octanol–water partition coefficient (Wildman–Crippen LogP) is 3.15. The van der Waals surface area contributed by atoms with E-state index < -0.39 is 16.0 Å². The van der Waals surface area contributed by atoms with Crippen molar-refractivity contribution in [1.29, 1.82) is 5.26 Å². The molecule has 0 unspecified atom stereocenters. The minimum atomic E-state index is -3.88. The minimum Gasteiger partial charge on any atom is -0.478 e. The average Bonchev–Trinajstić information content (AvgIpc) is 2.71. The van der Waals surface area contributed by atoms with Gasteiger partial charge in [0, 0.05) is 44.8 Å². The van der Waals surface area contributed by atoms with Crippen molar-refractivity contribution < 1.29 is 18.3 Å². The van der Waals surface area contributed by atoms with Crippen LogP contribution in [0, 0.1) is 32.1 Å². The molecule has 1 fully saturated rings. The second-order valence-electron chi connectivity index (χ2n) is 8.11. The van der Waals surface area contributed by atoms with E-state index in [0.717, 1.165) is 18.7 Å². The van der Waals surface area contributed by atoms with Crippen molar-refractivity contribution in [3.8, 4) is 6.07 Å². The van der Waals surface area contributed by atoms with Crippen molar-refractivity contribution in [1.82, 2.24) is 4.90 Å². The Bertz CT molecular complexity index is 1140. The molecule has 3 rings (SSSR count). The Morgan fingerprint density at radius 2 is 1.72 bits per heavy atom. The molecule has 0 saturated carbocycles. The first-order valence-corrected chi connectivity index (χ1v) is 11.9. The molecular weight excluding hydrogens is 428 g/mol. The molecule has 170 valence electrons. The number of anilines is 2. The second-order valence-corrected chi connectivity index (χ2v) is 9.73. The topological polar surface area (TPSA) is 114 Å². The van der Waals surface area contributed by atoms with Gasteiger partial charge in [0.15, 0.2) is 0 Å². The number of carbonyl (C=O) groups is 1. The lowest BCUT2D eigenvalue weighted by Crippen LogP contribution is -2.47. The summed E-state index contributed by atoms with van der Waals surface area (Å²) in [7, 11) is -3.88. The summed E-state index contributed by atoms with van der Waals surface area (Å²) in [6, 6.07) is 10.4. The number of sulfonamides is 1. The van der Waals surface area contributed by atoms with Gasteiger partial charge in [-0.05, 0) is 50.1 Å². The third-order valence-corrected chi connectivity index (χ3v) is 7.29. The summed E-state index contributed by atoms with van der Waals surface area (Å²) in [5.41, 5.74) is 3.07. The number of carboxylic acids is 1. The maximum absolute atomic E-state index is 13.0. The monoisotopic (exact) mass is 456 g/mol. The lowest BCUT2D eigenvalue weighted by Gasteiger charge is -2.36. The van der Waals surface area contributed by atoms with Crippen LogP contribution in [0.4, 0.5) is 11.4 Å². The van der Waals surface area contributed by atoms with Crippen molar-refractivity contribution in [2.75, 3.05) is 42.3 Å². The average molecular weight is 457 g/mol. The molecule has 0 amide bonds. The molecule has 0 spiro atoms. The normalized spacial score (nSPS) is 14.8. The van der Waals surface area contributed by atoms with Crippen LogP contribution < -0.4 is 9.62 Å². The Balaban J connectivity index is 1.84. The molecule has 1 saturated heterocycles. The van der Waals surface area contributed by atoms with Gasteiger partial charge in [-0.1, -0.05) is 17.7 Å². The SMILES string of the molecule is Cc1cc(C)c(S(=O)(=O)Nc2ccc(N3CCN(CCC#N)CC3)c(C(=O)O)c2)c(C)c1. The molecule has 8 nitrogen and oxygen atoms in total. The second kappa shape index (κ2) is 9.59. The summed E-state index contributed by atoms with van der Waals surface area (Å²) in [5, 5.41) is 18.5. The zero-order valence-corrected chi connectivity index (χ0v) is 19.4. The van der Waals surface area contributed by atoms with Crippen LogP contribution in [0.15, 0.2) is 35.2 Å². The predicted molar refractivity (Wildman–Crippen MR) is 124 cm³/mol. The Morgan fingerprint density at radius 3 is 2.28 bits per heavy atom.